The van der Waals surface area contributed by atoms with E-state index in [0.717, 1.165) is 22.2 Å². The molecule has 0 atom stereocenters. The maximum absolute atomic E-state index is 13.6. The normalized spacial score (nSPS) is 12.2. The Balaban J connectivity index is 1.75. The minimum absolute atomic E-state index is 0.144. The Morgan fingerprint density at radius 1 is 1.04 bits per heavy atom. The first kappa shape index (κ1) is 18.3. The summed E-state index contributed by atoms with van der Waals surface area (Å²) in [5, 5.41) is 8.26. The van der Waals surface area contributed by atoms with Gasteiger partial charge in [0.2, 0.25) is 0 Å². The fourth-order valence-electron chi connectivity index (χ4n) is 3.55. The molecule has 0 aliphatic rings. The summed E-state index contributed by atoms with van der Waals surface area (Å²) in [5.74, 6) is 0.144. The van der Waals surface area contributed by atoms with Gasteiger partial charge < -0.3 is 4.98 Å². The van der Waals surface area contributed by atoms with E-state index in [1.54, 1.807) is 18.2 Å². The van der Waals surface area contributed by atoms with E-state index in [2.05, 4.69) is 15.2 Å². The maximum atomic E-state index is 13.6. The fourth-order valence-corrected chi connectivity index (χ4v) is 3.55. The van der Waals surface area contributed by atoms with Gasteiger partial charge >= 0.3 is 6.18 Å². The number of hydrogen-bond acceptors (Lipinski definition) is 1. The molecule has 2 aromatic carbocycles. The van der Waals surface area contributed by atoms with Gasteiger partial charge in [-0.05, 0) is 42.2 Å². The molecule has 3 nitrogen and oxygen atoms in total. The summed E-state index contributed by atoms with van der Waals surface area (Å²) in [6, 6.07) is 14.1. The molecule has 0 aliphatic carbocycles. The largest absolute Gasteiger partial charge is 0.416 e. The molecule has 0 fully saturated rings. The molecule has 4 aromatic rings. The first-order valence-corrected chi connectivity index (χ1v) is 9.15. The van der Waals surface area contributed by atoms with Crippen molar-refractivity contribution in [3.8, 4) is 22.5 Å². The highest BCUT2D eigenvalue weighted by molar-refractivity contribution is 5.94. The van der Waals surface area contributed by atoms with Gasteiger partial charge in [0.25, 0.3) is 0 Å². The zero-order chi connectivity index (χ0) is 19.9. The van der Waals surface area contributed by atoms with Crippen LogP contribution in [-0.4, -0.2) is 15.2 Å². The Labute approximate surface area is 160 Å². The van der Waals surface area contributed by atoms with Crippen molar-refractivity contribution in [3.63, 3.8) is 0 Å². The van der Waals surface area contributed by atoms with Crippen molar-refractivity contribution in [2.45, 2.75) is 26.4 Å². The highest BCUT2D eigenvalue weighted by Crippen LogP contribution is 2.36. The number of aromatic nitrogens is 3. The van der Waals surface area contributed by atoms with Crippen molar-refractivity contribution in [1.82, 2.24) is 15.2 Å². The summed E-state index contributed by atoms with van der Waals surface area (Å²) in [4.78, 5) is 3.15. The molecule has 0 aliphatic heterocycles. The Bertz CT molecular complexity index is 1120. The van der Waals surface area contributed by atoms with Crippen LogP contribution in [0.5, 0.6) is 0 Å². The van der Waals surface area contributed by atoms with Crippen molar-refractivity contribution < 1.29 is 13.2 Å². The molecule has 0 saturated heterocycles. The van der Waals surface area contributed by atoms with Gasteiger partial charge in [-0.25, -0.2) is 0 Å². The summed E-state index contributed by atoms with van der Waals surface area (Å²) in [5.41, 5.74) is 3.37. The molecule has 2 N–H and O–H groups in total. The minimum atomic E-state index is -4.39. The van der Waals surface area contributed by atoms with E-state index >= 15 is 0 Å². The average molecular weight is 383 g/mol. The predicted octanol–water partition coefficient (Wildman–Crippen LogP) is 6.44. The number of rotatable bonds is 4. The van der Waals surface area contributed by atoms with E-state index in [9.17, 15) is 13.2 Å². The van der Waals surface area contributed by atoms with E-state index in [1.165, 1.54) is 6.07 Å². The predicted molar refractivity (Wildman–Crippen MR) is 105 cm³/mol. The number of aromatic amines is 2. The van der Waals surface area contributed by atoms with Gasteiger partial charge in [0.1, 0.15) is 0 Å². The highest BCUT2D eigenvalue weighted by atomic mass is 19.4. The van der Waals surface area contributed by atoms with Crippen LogP contribution in [0.4, 0.5) is 13.2 Å². The minimum Gasteiger partial charge on any atom is -0.361 e. The van der Waals surface area contributed by atoms with Crippen molar-refractivity contribution >= 4 is 10.9 Å². The Morgan fingerprint density at radius 3 is 2.61 bits per heavy atom. The first-order chi connectivity index (χ1) is 13.3. The smallest absolute Gasteiger partial charge is 0.361 e. The fraction of sp³-hybridized carbons (Fsp3) is 0.227. The SMILES string of the molecule is CC(C)Cc1ccc(-c2cc(-c3cccc4[nH]ccc34)[nH]n2)cc1C(F)(F)F. The van der Waals surface area contributed by atoms with Crippen LogP contribution in [-0.2, 0) is 12.6 Å². The number of fused-ring (bicyclic) bond motifs is 1. The lowest BCUT2D eigenvalue weighted by atomic mass is 9.95. The Hall–Kier alpha value is -3.02. The van der Waals surface area contributed by atoms with E-state index < -0.39 is 11.7 Å². The van der Waals surface area contributed by atoms with Crippen molar-refractivity contribution in [2.24, 2.45) is 5.92 Å². The average Bonchev–Trinajstić information content (AvgIpc) is 3.30. The van der Waals surface area contributed by atoms with Crippen LogP contribution in [0, 0.1) is 5.92 Å². The van der Waals surface area contributed by atoms with E-state index in [-0.39, 0.29) is 5.92 Å². The monoisotopic (exact) mass is 383 g/mol. The summed E-state index contributed by atoms with van der Waals surface area (Å²) < 4.78 is 40.7. The van der Waals surface area contributed by atoms with Gasteiger partial charge in [0.15, 0.2) is 0 Å². The van der Waals surface area contributed by atoms with E-state index in [1.807, 2.05) is 44.3 Å². The summed E-state index contributed by atoms with van der Waals surface area (Å²) in [6.07, 6.45) is -2.15. The van der Waals surface area contributed by atoms with Crippen LogP contribution in [0.2, 0.25) is 0 Å². The van der Waals surface area contributed by atoms with Crippen LogP contribution >= 0.6 is 0 Å². The van der Waals surface area contributed by atoms with Crippen molar-refractivity contribution in [2.75, 3.05) is 0 Å². The second kappa shape index (κ2) is 6.86. The number of halogens is 3. The number of hydrogen-bond donors (Lipinski definition) is 2. The molecular formula is C22H20F3N3. The van der Waals surface area contributed by atoms with Crippen molar-refractivity contribution in [1.29, 1.82) is 0 Å². The number of alkyl halides is 3. The third-order valence-corrected chi connectivity index (χ3v) is 4.80. The molecule has 0 saturated carbocycles. The zero-order valence-corrected chi connectivity index (χ0v) is 15.6. The standard InChI is InChI=1S/C22H20F3N3/c1-13(2)10-14-6-7-15(11-18(14)22(23,24)25)20-12-21(28-27-20)16-4-3-5-19-17(16)8-9-26-19/h3-9,11-13,26H,10H2,1-2H3,(H,27,28). The first-order valence-electron chi connectivity index (χ1n) is 9.15. The molecule has 0 unspecified atom stereocenters. The lowest BCUT2D eigenvalue weighted by molar-refractivity contribution is -0.138. The van der Waals surface area contributed by atoms with Crippen LogP contribution in [0.3, 0.4) is 0 Å². The molecular weight excluding hydrogens is 363 g/mol. The summed E-state index contributed by atoms with van der Waals surface area (Å²) in [7, 11) is 0. The molecule has 0 spiro atoms. The third kappa shape index (κ3) is 3.42. The van der Waals surface area contributed by atoms with Crippen LogP contribution < -0.4 is 0 Å². The molecule has 2 aromatic heterocycles. The number of H-pyrrole nitrogens is 2. The van der Waals surface area contributed by atoms with Gasteiger partial charge in [0, 0.05) is 28.2 Å². The molecule has 0 radical (unpaired) electrons. The van der Waals surface area contributed by atoms with E-state index in [4.69, 9.17) is 0 Å². The Morgan fingerprint density at radius 2 is 1.86 bits per heavy atom. The van der Waals surface area contributed by atoms with Crippen LogP contribution in [0.25, 0.3) is 33.4 Å². The third-order valence-electron chi connectivity index (χ3n) is 4.80. The number of nitrogens with zero attached hydrogens (tertiary/aromatic N) is 1. The van der Waals surface area contributed by atoms with Gasteiger partial charge in [-0.1, -0.05) is 38.1 Å². The zero-order valence-electron chi connectivity index (χ0n) is 15.6. The second-order valence-corrected chi connectivity index (χ2v) is 7.38. The number of nitrogens with one attached hydrogen (secondary N) is 2. The molecule has 4 rings (SSSR count). The van der Waals surface area contributed by atoms with E-state index in [0.29, 0.717) is 23.2 Å². The molecule has 0 amide bonds. The second-order valence-electron chi connectivity index (χ2n) is 7.38. The molecule has 2 heterocycles. The topological polar surface area (TPSA) is 44.5 Å². The molecule has 28 heavy (non-hydrogen) atoms. The summed E-state index contributed by atoms with van der Waals surface area (Å²) >= 11 is 0. The molecule has 0 bridgehead atoms. The molecule has 144 valence electrons. The lowest BCUT2D eigenvalue weighted by Gasteiger charge is -2.15. The lowest BCUT2D eigenvalue weighted by Crippen LogP contribution is -2.11. The van der Waals surface area contributed by atoms with Gasteiger partial charge in [0.05, 0.1) is 17.0 Å². The van der Waals surface area contributed by atoms with Crippen LogP contribution in [0.1, 0.15) is 25.0 Å². The maximum Gasteiger partial charge on any atom is 0.416 e. The molecule has 6 heteroatoms. The quantitative estimate of drug-likeness (QED) is 0.418. The van der Waals surface area contributed by atoms with Crippen molar-refractivity contribution in [3.05, 3.63) is 65.9 Å². The Kier molecular flexibility index (Phi) is 4.49. The van der Waals surface area contributed by atoms with Gasteiger partial charge in [-0.3, -0.25) is 5.10 Å². The van der Waals surface area contributed by atoms with Crippen LogP contribution in [0.15, 0.2) is 54.7 Å². The van der Waals surface area contributed by atoms with Gasteiger partial charge in [-0.2, -0.15) is 18.3 Å². The highest BCUT2D eigenvalue weighted by Gasteiger charge is 2.33. The van der Waals surface area contributed by atoms with Gasteiger partial charge in [-0.15, -0.1) is 0 Å². The summed E-state index contributed by atoms with van der Waals surface area (Å²) in [6.45, 7) is 3.82. The number of benzene rings is 2.